The molecule has 0 amide bonds. The van der Waals surface area contributed by atoms with E-state index in [0.29, 0.717) is 6.04 Å². The highest BCUT2D eigenvalue weighted by Gasteiger charge is 2.27. The van der Waals surface area contributed by atoms with Crippen LogP contribution in [0.1, 0.15) is 50.2 Å². The third kappa shape index (κ3) is 2.91. The van der Waals surface area contributed by atoms with Crippen LogP contribution >= 0.6 is 0 Å². The zero-order valence-corrected chi connectivity index (χ0v) is 11.2. The maximum Gasteiger partial charge on any atom is 0.228 e. The fourth-order valence-electron chi connectivity index (χ4n) is 3.09. The summed E-state index contributed by atoms with van der Waals surface area (Å²) in [6.45, 7) is 0. The highest BCUT2D eigenvalue weighted by atomic mass is 16.5. The van der Waals surface area contributed by atoms with Crippen LogP contribution in [0.4, 0.5) is 0 Å². The Morgan fingerprint density at radius 1 is 1.28 bits per heavy atom. The normalized spacial score (nSPS) is 22.5. The number of nitrogens with one attached hydrogen (secondary N) is 1. The molecule has 100 valence electrons. The molecule has 0 bridgehead atoms. The minimum absolute atomic E-state index is 0.502. The zero-order valence-electron chi connectivity index (χ0n) is 11.2. The molecule has 1 N–H and O–H groups in total. The summed E-state index contributed by atoms with van der Waals surface area (Å²) in [6, 6.07) is 0.502. The smallest absolute Gasteiger partial charge is 0.228 e. The van der Waals surface area contributed by atoms with Gasteiger partial charge in [0.25, 0.3) is 0 Å². The number of likely N-dealkylation sites (N-methyl/N-ethyl adjacent to an activating group) is 1. The van der Waals surface area contributed by atoms with Crippen molar-refractivity contribution in [1.82, 2.24) is 15.5 Å². The fourth-order valence-corrected chi connectivity index (χ4v) is 3.09. The minimum atomic E-state index is 0.502. The Morgan fingerprint density at radius 2 is 2.06 bits per heavy atom. The monoisotopic (exact) mass is 249 g/mol. The lowest BCUT2D eigenvalue weighted by Gasteiger charge is -2.20. The molecule has 4 heteroatoms. The van der Waals surface area contributed by atoms with E-state index in [-0.39, 0.29) is 0 Å². The molecule has 3 rings (SSSR count). The van der Waals surface area contributed by atoms with Crippen molar-refractivity contribution in [3.63, 3.8) is 0 Å². The average Bonchev–Trinajstić information content (AvgIpc) is 2.87. The SMILES string of the molecule is CNC(Cc1nc(CC2CC2)no1)C1CCCC1. The van der Waals surface area contributed by atoms with E-state index in [1.807, 2.05) is 7.05 Å². The van der Waals surface area contributed by atoms with Gasteiger partial charge >= 0.3 is 0 Å². The van der Waals surface area contributed by atoms with Crippen LogP contribution in [0.25, 0.3) is 0 Å². The van der Waals surface area contributed by atoms with Gasteiger partial charge in [0.1, 0.15) is 0 Å². The standard InChI is InChI=1S/C14H23N3O/c1-15-12(11-4-2-3-5-11)9-14-16-13(17-18-14)8-10-6-7-10/h10-12,15H,2-9H2,1H3. The Morgan fingerprint density at radius 3 is 2.72 bits per heavy atom. The quantitative estimate of drug-likeness (QED) is 0.840. The van der Waals surface area contributed by atoms with Crippen LogP contribution in [0.5, 0.6) is 0 Å². The van der Waals surface area contributed by atoms with Crippen molar-refractivity contribution in [3.05, 3.63) is 11.7 Å². The van der Waals surface area contributed by atoms with Crippen molar-refractivity contribution in [2.45, 2.75) is 57.4 Å². The fraction of sp³-hybridized carbons (Fsp3) is 0.857. The van der Waals surface area contributed by atoms with Crippen LogP contribution in [0.15, 0.2) is 4.52 Å². The van der Waals surface area contributed by atoms with E-state index >= 15 is 0 Å². The van der Waals surface area contributed by atoms with Crippen molar-refractivity contribution < 1.29 is 4.52 Å². The van der Waals surface area contributed by atoms with Crippen LogP contribution in [0.2, 0.25) is 0 Å². The number of hydrogen-bond acceptors (Lipinski definition) is 4. The summed E-state index contributed by atoms with van der Waals surface area (Å²) in [4.78, 5) is 4.53. The molecule has 1 aromatic rings. The molecular formula is C14H23N3O. The molecule has 2 aliphatic rings. The summed E-state index contributed by atoms with van der Waals surface area (Å²) in [6.07, 6.45) is 10.0. The Bertz CT molecular complexity index is 380. The molecule has 0 aliphatic heterocycles. The summed E-state index contributed by atoms with van der Waals surface area (Å²) in [5.74, 6) is 3.34. The highest BCUT2D eigenvalue weighted by molar-refractivity contribution is 4.95. The topological polar surface area (TPSA) is 51.0 Å². The first-order chi connectivity index (χ1) is 8.85. The predicted molar refractivity (Wildman–Crippen MR) is 69.2 cm³/mol. The van der Waals surface area contributed by atoms with Gasteiger partial charge in [-0.1, -0.05) is 18.0 Å². The summed E-state index contributed by atoms with van der Waals surface area (Å²) >= 11 is 0. The molecular weight excluding hydrogens is 226 g/mol. The lowest BCUT2D eigenvalue weighted by molar-refractivity contribution is 0.316. The van der Waals surface area contributed by atoms with Crippen LogP contribution in [0.3, 0.4) is 0 Å². The molecule has 2 aliphatic carbocycles. The molecule has 1 atom stereocenters. The van der Waals surface area contributed by atoms with Crippen molar-refractivity contribution in [1.29, 1.82) is 0 Å². The largest absolute Gasteiger partial charge is 0.339 e. The van der Waals surface area contributed by atoms with Gasteiger partial charge in [0.2, 0.25) is 5.89 Å². The van der Waals surface area contributed by atoms with Gasteiger partial charge < -0.3 is 9.84 Å². The summed E-state index contributed by atoms with van der Waals surface area (Å²) in [7, 11) is 2.05. The van der Waals surface area contributed by atoms with Gasteiger partial charge in [-0.15, -0.1) is 0 Å². The van der Waals surface area contributed by atoms with E-state index in [9.17, 15) is 0 Å². The second-order valence-electron chi connectivity index (χ2n) is 5.90. The molecule has 0 saturated heterocycles. The third-order valence-corrected chi connectivity index (χ3v) is 4.41. The van der Waals surface area contributed by atoms with Crippen LogP contribution < -0.4 is 5.32 Å². The third-order valence-electron chi connectivity index (χ3n) is 4.41. The molecule has 18 heavy (non-hydrogen) atoms. The molecule has 0 spiro atoms. The summed E-state index contributed by atoms with van der Waals surface area (Å²) in [5.41, 5.74) is 0. The first kappa shape index (κ1) is 12.2. The van der Waals surface area contributed by atoms with E-state index in [0.717, 1.165) is 36.4 Å². The number of hydrogen-bond donors (Lipinski definition) is 1. The van der Waals surface area contributed by atoms with Gasteiger partial charge in [-0.25, -0.2) is 0 Å². The summed E-state index contributed by atoms with van der Waals surface area (Å²) < 4.78 is 5.38. The maximum absolute atomic E-state index is 5.38. The molecule has 1 heterocycles. The number of aromatic nitrogens is 2. The average molecular weight is 249 g/mol. The van der Waals surface area contributed by atoms with Crippen LogP contribution in [-0.4, -0.2) is 23.2 Å². The Kier molecular flexibility index (Phi) is 3.64. The van der Waals surface area contributed by atoms with Gasteiger partial charge in [0.15, 0.2) is 5.82 Å². The second kappa shape index (κ2) is 5.39. The molecule has 1 unspecified atom stereocenters. The Balaban J connectivity index is 1.57. The van der Waals surface area contributed by atoms with Crippen molar-refractivity contribution in [2.75, 3.05) is 7.05 Å². The molecule has 0 aromatic carbocycles. The van der Waals surface area contributed by atoms with E-state index in [1.54, 1.807) is 0 Å². The number of nitrogens with zero attached hydrogens (tertiary/aromatic N) is 2. The van der Waals surface area contributed by atoms with Gasteiger partial charge in [-0.2, -0.15) is 4.98 Å². The van der Waals surface area contributed by atoms with E-state index in [1.165, 1.54) is 38.5 Å². The van der Waals surface area contributed by atoms with Crippen molar-refractivity contribution in [3.8, 4) is 0 Å². The first-order valence-electron chi connectivity index (χ1n) is 7.34. The predicted octanol–water partition coefficient (Wildman–Crippen LogP) is 2.34. The molecule has 1 aromatic heterocycles. The molecule has 2 fully saturated rings. The Labute approximate surface area is 109 Å². The molecule has 0 radical (unpaired) electrons. The second-order valence-corrected chi connectivity index (χ2v) is 5.90. The van der Waals surface area contributed by atoms with Crippen molar-refractivity contribution >= 4 is 0 Å². The molecule has 4 nitrogen and oxygen atoms in total. The summed E-state index contributed by atoms with van der Waals surface area (Å²) in [5, 5.41) is 7.52. The van der Waals surface area contributed by atoms with E-state index in [4.69, 9.17) is 4.52 Å². The van der Waals surface area contributed by atoms with Crippen LogP contribution in [0, 0.1) is 11.8 Å². The van der Waals surface area contributed by atoms with Gasteiger partial charge in [-0.3, -0.25) is 0 Å². The minimum Gasteiger partial charge on any atom is -0.339 e. The highest BCUT2D eigenvalue weighted by Crippen LogP contribution is 2.32. The van der Waals surface area contributed by atoms with Crippen LogP contribution in [-0.2, 0) is 12.8 Å². The number of rotatable bonds is 6. The first-order valence-corrected chi connectivity index (χ1v) is 7.34. The van der Waals surface area contributed by atoms with E-state index in [2.05, 4.69) is 15.5 Å². The lowest BCUT2D eigenvalue weighted by atomic mass is 9.95. The van der Waals surface area contributed by atoms with Gasteiger partial charge in [0.05, 0.1) is 0 Å². The van der Waals surface area contributed by atoms with E-state index < -0.39 is 0 Å². The lowest BCUT2D eigenvalue weighted by Crippen LogP contribution is -2.34. The zero-order chi connectivity index (χ0) is 12.4. The maximum atomic E-state index is 5.38. The van der Waals surface area contributed by atoms with Gasteiger partial charge in [0, 0.05) is 18.9 Å². The Hall–Kier alpha value is -0.900. The van der Waals surface area contributed by atoms with Gasteiger partial charge in [-0.05, 0) is 44.6 Å². The van der Waals surface area contributed by atoms with Crippen molar-refractivity contribution in [2.24, 2.45) is 11.8 Å². The molecule has 2 saturated carbocycles.